The second kappa shape index (κ2) is 4.40. The van der Waals surface area contributed by atoms with Crippen molar-refractivity contribution in [3.8, 4) is 5.69 Å². The van der Waals surface area contributed by atoms with Gasteiger partial charge in [0, 0.05) is 6.54 Å². The average molecular weight is 220 g/mol. The van der Waals surface area contributed by atoms with E-state index in [0.29, 0.717) is 12.2 Å². The summed E-state index contributed by atoms with van der Waals surface area (Å²) in [6, 6.07) is 5.02. The van der Waals surface area contributed by atoms with Crippen molar-refractivity contribution >= 4 is 0 Å². The zero-order valence-electron chi connectivity index (χ0n) is 9.24. The molecule has 5 heteroatoms. The summed E-state index contributed by atoms with van der Waals surface area (Å²) in [5, 5.41) is 10.8. The molecule has 0 saturated heterocycles. The van der Waals surface area contributed by atoms with Crippen LogP contribution in [-0.2, 0) is 6.54 Å². The Hall–Kier alpha value is -1.75. The molecule has 2 rings (SSSR count). The van der Waals surface area contributed by atoms with E-state index in [2.05, 4.69) is 15.6 Å². The fourth-order valence-electron chi connectivity index (χ4n) is 1.48. The minimum atomic E-state index is -0.291. The number of hydrogen-bond acceptors (Lipinski definition) is 3. The number of hydrogen-bond donors (Lipinski definition) is 1. The van der Waals surface area contributed by atoms with Gasteiger partial charge in [-0.25, -0.2) is 9.07 Å². The molecule has 0 amide bonds. The highest BCUT2D eigenvalue weighted by Crippen LogP contribution is 2.13. The number of aromatic nitrogens is 3. The third kappa shape index (κ3) is 2.09. The van der Waals surface area contributed by atoms with Crippen LogP contribution in [0.5, 0.6) is 0 Å². The van der Waals surface area contributed by atoms with Gasteiger partial charge in [0.15, 0.2) is 0 Å². The van der Waals surface area contributed by atoms with Crippen molar-refractivity contribution in [1.29, 1.82) is 0 Å². The molecule has 1 N–H and O–H groups in total. The molecule has 4 nitrogen and oxygen atoms in total. The quantitative estimate of drug-likeness (QED) is 0.851. The molecule has 0 bridgehead atoms. The first-order valence-electron chi connectivity index (χ1n) is 5.03. The van der Waals surface area contributed by atoms with Crippen LogP contribution in [0.15, 0.2) is 24.4 Å². The van der Waals surface area contributed by atoms with E-state index in [9.17, 15) is 4.39 Å². The molecule has 16 heavy (non-hydrogen) atoms. The Labute approximate surface area is 93.1 Å². The van der Waals surface area contributed by atoms with Gasteiger partial charge >= 0.3 is 0 Å². The monoisotopic (exact) mass is 220 g/mol. The molecule has 0 aliphatic carbocycles. The Morgan fingerprint density at radius 3 is 2.94 bits per heavy atom. The summed E-state index contributed by atoms with van der Waals surface area (Å²) in [7, 11) is 1.82. The van der Waals surface area contributed by atoms with Gasteiger partial charge in [-0.2, -0.15) is 0 Å². The van der Waals surface area contributed by atoms with Gasteiger partial charge in [-0.05, 0) is 31.7 Å². The van der Waals surface area contributed by atoms with E-state index >= 15 is 0 Å². The van der Waals surface area contributed by atoms with Crippen LogP contribution in [0.3, 0.4) is 0 Å². The third-order valence-electron chi connectivity index (χ3n) is 2.25. The van der Waals surface area contributed by atoms with Crippen molar-refractivity contribution in [3.63, 3.8) is 0 Å². The Bertz CT molecular complexity index is 492. The lowest BCUT2D eigenvalue weighted by molar-refractivity contribution is 0.606. The van der Waals surface area contributed by atoms with Crippen molar-refractivity contribution in [2.75, 3.05) is 7.05 Å². The number of nitrogens with zero attached hydrogens (tertiary/aromatic N) is 3. The summed E-state index contributed by atoms with van der Waals surface area (Å²) in [4.78, 5) is 0. The smallest absolute Gasteiger partial charge is 0.149 e. The molecule has 0 aliphatic rings. The molecule has 1 heterocycles. The Balaban J connectivity index is 2.35. The van der Waals surface area contributed by atoms with Crippen LogP contribution in [0.25, 0.3) is 5.69 Å². The number of halogens is 1. The van der Waals surface area contributed by atoms with Crippen LogP contribution in [-0.4, -0.2) is 22.0 Å². The van der Waals surface area contributed by atoms with Crippen LogP contribution in [0, 0.1) is 12.7 Å². The second-order valence-corrected chi connectivity index (χ2v) is 3.64. The molecule has 1 aromatic carbocycles. The predicted octanol–water partition coefficient (Wildman–Crippen LogP) is 1.43. The fourth-order valence-corrected chi connectivity index (χ4v) is 1.48. The van der Waals surface area contributed by atoms with E-state index in [-0.39, 0.29) is 5.82 Å². The zero-order valence-corrected chi connectivity index (χ0v) is 9.24. The predicted molar refractivity (Wildman–Crippen MR) is 58.8 cm³/mol. The fraction of sp³-hybridized carbons (Fsp3) is 0.273. The molecule has 0 saturated carbocycles. The van der Waals surface area contributed by atoms with Gasteiger partial charge < -0.3 is 5.32 Å². The first-order chi connectivity index (χ1) is 7.70. The highest BCUT2D eigenvalue weighted by molar-refractivity contribution is 5.35. The molecule has 1 aromatic heterocycles. The molecular weight excluding hydrogens is 207 g/mol. The SMILES string of the molecule is CNCc1cn(-c2ccc(C)cc2F)nn1. The molecular formula is C11H13FN4. The minimum Gasteiger partial charge on any atom is -0.314 e. The molecule has 0 radical (unpaired) electrons. The standard InChI is InChI=1S/C11H13FN4/c1-8-3-4-11(10(12)5-8)16-7-9(6-13-2)14-15-16/h3-5,7,13H,6H2,1-2H3. The summed E-state index contributed by atoms with van der Waals surface area (Å²) in [5.41, 5.74) is 2.08. The van der Waals surface area contributed by atoms with Gasteiger partial charge in [0.1, 0.15) is 11.5 Å². The van der Waals surface area contributed by atoms with Gasteiger partial charge in [-0.15, -0.1) is 5.10 Å². The first kappa shape index (κ1) is 10.8. The maximum absolute atomic E-state index is 13.6. The summed E-state index contributed by atoms with van der Waals surface area (Å²) in [6.45, 7) is 2.47. The lowest BCUT2D eigenvalue weighted by atomic mass is 10.2. The minimum absolute atomic E-state index is 0.291. The Kier molecular flexibility index (Phi) is 2.96. The number of benzene rings is 1. The van der Waals surface area contributed by atoms with E-state index in [1.807, 2.05) is 20.0 Å². The van der Waals surface area contributed by atoms with Gasteiger partial charge in [-0.1, -0.05) is 11.3 Å². The Morgan fingerprint density at radius 2 is 2.25 bits per heavy atom. The highest BCUT2D eigenvalue weighted by Gasteiger charge is 2.07. The van der Waals surface area contributed by atoms with Crippen molar-refractivity contribution in [1.82, 2.24) is 20.3 Å². The van der Waals surface area contributed by atoms with Gasteiger partial charge in [-0.3, -0.25) is 0 Å². The normalized spacial score (nSPS) is 10.7. The largest absolute Gasteiger partial charge is 0.314 e. The number of aryl methyl sites for hydroxylation is 1. The zero-order chi connectivity index (χ0) is 11.5. The number of nitrogens with one attached hydrogen (secondary N) is 1. The van der Waals surface area contributed by atoms with Crippen molar-refractivity contribution < 1.29 is 4.39 Å². The molecule has 2 aromatic rings. The van der Waals surface area contributed by atoms with E-state index in [1.54, 1.807) is 12.3 Å². The summed E-state index contributed by atoms with van der Waals surface area (Å²) in [6.07, 6.45) is 1.71. The maximum Gasteiger partial charge on any atom is 0.149 e. The summed E-state index contributed by atoms with van der Waals surface area (Å²) >= 11 is 0. The van der Waals surface area contributed by atoms with Crippen LogP contribution in [0.1, 0.15) is 11.3 Å². The molecule has 0 fully saturated rings. The van der Waals surface area contributed by atoms with Crippen molar-refractivity contribution in [2.24, 2.45) is 0 Å². The third-order valence-corrected chi connectivity index (χ3v) is 2.25. The van der Waals surface area contributed by atoms with E-state index in [0.717, 1.165) is 11.3 Å². The molecule has 0 spiro atoms. The topological polar surface area (TPSA) is 42.7 Å². The lowest BCUT2D eigenvalue weighted by Gasteiger charge is -2.02. The second-order valence-electron chi connectivity index (χ2n) is 3.64. The van der Waals surface area contributed by atoms with Crippen LogP contribution >= 0.6 is 0 Å². The highest BCUT2D eigenvalue weighted by atomic mass is 19.1. The van der Waals surface area contributed by atoms with Crippen LogP contribution < -0.4 is 5.32 Å². The maximum atomic E-state index is 13.6. The van der Waals surface area contributed by atoms with E-state index in [4.69, 9.17) is 0 Å². The lowest BCUT2D eigenvalue weighted by Crippen LogP contribution is -2.05. The Morgan fingerprint density at radius 1 is 1.44 bits per heavy atom. The van der Waals surface area contributed by atoms with Gasteiger partial charge in [0.25, 0.3) is 0 Å². The number of rotatable bonds is 3. The molecule has 0 atom stereocenters. The molecule has 0 aliphatic heterocycles. The summed E-state index contributed by atoms with van der Waals surface area (Å²) < 4.78 is 15.1. The molecule has 0 unspecified atom stereocenters. The first-order valence-corrected chi connectivity index (χ1v) is 5.03. The van der Waals surface area contributed by atoms with Crippen LogP contribution in [0.4, 0.5) is 4.39 Å². The summed E-state index contributed by atoms with van der Waals surface area (Å²) in [5.74, 6) is -0.291. The average Bonchev–Trinajstić information content (AvgIpc) is 2.67. The van der Waals surface area contributed by atoms with E-state index in [1.165, 1.54) is 10.7 Å². The van der Waals surface area contributed by atoms with E-state index < -0.39 is 0 Å². The van der Waals surface area contributed by atoms with Crippen molar-refractivity contribution in [2.45, 2.75) is 13.5 Å². The van der Waals surface area contributed by atoms with Gasteiger partial charge in [0.2, 0.25) is 0 Å². The molecule has 84 valence electrons. The van der Waals surface area contributed by atoms with Crippen molar-refractivity contribution in [3.05, 3.63) is 41.5 Å². The van der Waals surface area contributed by atoms with Gasteiger partial charge in [0.05, 0.1) is 11.9 Å². The van der Waals surface area contributed by atoms with Crippen LogP contribution in [0.2, 0.25) is 0 Å².